The Hall–Kier alpha value is -3.40. The molecule has 4 heteroatoms. The summed E-state index contributed by atoms with van der Waals surface area (Å²) in [5, 5.41) is 0. The molecule has 1 unspecified atom stereocenters. The Kier molecular flexibility index (Phi) is 7.23. The molecule has 1 amide bonds. The first-order valence-electron chi connectivity index (χ1n) is 11.9. The Morgan fingerprint density at radius 1 is 0.879 bits per heavy atom. The van der Waals surface area contributed by atoms with Gasteiger partial charge in [-0.1, -0.05) is 80.1 Å². The van der Waals surface area contributed by atoms with Crippen molar-refractivity contribution in [3.8, 4) is 0 Å². The lowest BCUT2D eigenvalue weighted by Gasteiger charge is -2.30. The molecule has 0 fully saturated rings. The number of hydrogen-bond donors (Lipinski definition) is 0. The minimum absolute atomic E-state index is 0.0478. The van der Waals surface area contributed by atoms with Crippen molar-refractivity contribution < 1.29 is 4.79 Å². The number of carbonyl (C=O) groups is 1. The summed E-state index contributed by atoms with van der Waals surface area (Å²) in [5.41, 5.74) is 5.64. The number of hydrogen-bond acceptors (Lipinski definition) is 3. The lowest BCUT2D eigenvalue weighted by molar-refractivity contribution is -0.118. The summed E-state index contributed by atoms with van der Waals surface area (Å²) in [5.74, 6) is 0.813. The van der Waals surface area contributed by atoms with E-state index in [-0.39, 0.29) is 5.91 Å². The molecule has 3 aromatic rings. The standard InChI is InChI=1S/C29H33N3O/c1-4-5-18-31(21-25-14-10-7-11-15-25)29-30-27(20-24-12-8-6-9-13-24)28(33)32(29)26-17-16-22(2)23(3)19-26/h6-17,19,27H,4-5,18,20-21H2,1-3H3. The molecule has 1 heterocycles. The average Bonchev–Trinajstić information content (AvgIpc) is 3.15. The predicted molar refractivity (Wildman–Crippen MR) is 137 cm³/mol. The highest BCUT2D eigenvalue weighted by Gasteiger charge is 2.38. The van der Waals surface area contributed by atoms with Gasteiger partial charge in [0.25, 0.3) is 5.91 Å². The van der Waals surface area contributed by atoms with Crippen LogP contribution in [0.2, 0.25) is 0 Å². The molecular formula is C29H33N3O. The lowest BCUT2D eigenvalue weighted by Crippen LogP contribution is -2.45. The van der Waals surface area contributed by atoms with Crippen LogP contribution in [-0.2, 0) is 17.8 Å². The van der Waals surface area contributed by atoms with Gasteiger partial charge in [-0.25, -0.2) is 9.89 Å². The summed E-state index contributed by atoms with van der Waals surface area (Å²) in [6.45, 7) is 7.97. The van der Waals surface area contributed by atoms with Crippen LogP contribution in [0.15, 0.2) is 83.9 Å². The van der Waals surface area contributed by atoms with Crippen LogP contribution in [0.5, 0.6) is 0 Å². The van der Waals surface area contributed by atoms with E-state index >= 15 is 0 Å². The summed E-state index contributed by atoms with van der Waals surface area (Å²) in [4.78, 5) is 22.9. The average molecular weight is 440 g/mol. The molecule has 0 aromatic heterocycles. The van der Waals surface area contributed by atoms with Crippen molar-refractivity contribution in [2.45, 2.75) is 52.6 Å². The van der Waals surface area contributed by atoms with Gasteiger partial charge in [0.05, 0.1) is 5.69 Å². The number of benzene rings is 3. The van der Waals surface area contributed by atoms with E-state index in [0.29, 0.717) is 6.42 Å². The first-order chi connectivity index (χ1) is 16.1. The van der Waals surface area contributed by atoms with Gasteiger partial charge >= 0.3 is 0 Å². The van der Waals surface area contributed by atoms with Gasteiger partial charge in [-0.2, -0.15) is 0 Å². The van der Waals surface area contributed by atoms with E-state index in [1.807, 2.05) is 35.2 Å². The zero-order chi connectivity index (χ0) is 23.2. The number of carbonyl (C=O) groups excluding carboxylic acids is 1. The molecule has 1 aliphatic rings. The molecule has 0 saturated heterocycles. The van der Waals surface area contributed by atoms with E-state index < -0.39 is 6.04 Å². The molecule has 4 nitrogen and oxygen atoms in total. The molecule has 1 aliphatic heterocycles. The summed E-state index contributed by atoms with van der Waals surface area (Å²) >= 11 is 0. The Balaban J connectivity index is 1.72. The third-order valence-electron chi connectivity index (χ3n) is 6.28. The monoisotopic (exact) mass is 439 g/mol. The number of nitrogens with zero attached hydrogens (tertiary/aromatic N) is 3. The second kappa shape index (κ2) is 10.5. The van der Waals surface area contributed by atoms with Crippen LogP contribution >= 0.6 is 0 Å². The zero-order valence-corrected chi connectivity index (χ0v) is 19.9. The van der Waals surface area contributed by atoms with Crippen LogP contribution in [0.3, 0.4) is 0 Å². The molecule has 0 radical (unpaired) electrons. The molecule has 1 atom stereocenters. The third kappa shape index (κ3) is 5.33. The maximum atomic E-state index is 13.7. The van der Waals surface area contributed by atoms with E-state index in [1.54, 1.807) is 0 Å². The van der Waals surface area contributed by atoms with Gasteiger partial charge in [-0.15, -0.1) is 0 Å². The normalized spacial score (nSPS) is 15.6. The second-order valence-electron chi connectivity index (χ2n) is 8.84. The van der Waals surface area contributed by atoms with E-state index in [2.05, 4.69) is 74.2 Å². The number of unbranched alkanes of at least 4 members (excludes halogenated alkanes) is 1. The topological polar surface area (TPSA) is 35.9 Å². The van der Waals surface area contributed by atoms with Gasteiger partial charge < -0.3 is 4.90 Å². The zero-order valence-electron chi connectivity index (χ0n) is 19.9. The molecule has 0 spiro atoms. The van der Waals surface area contributed by atoms with Gasteiger partial charge in [-0.3, -0.25) is 4.79 Å². The number of aryl methyl sites for hydroxylation is 2. The summed E-state index contributed by atoms with van der Waals surface area (Å²) in [7, 11) is 0. The van der Waals surface area contributed by atoms with Gasteiger partial charge in [0.2, 0.25) is 5.96 Å². The van der Waals surface area contributed by atoms with Crippen LogP contribution in [0.4, 0.5) is 5.69 Å². The third-order valence-corrected chi connectivity index (χ3v) is 6.28. The fraction of sp³-hybridized carbons (Fsp3) is 0.310. The first kappa shape index (κ1) is 22.8. The Labute approximate surface area is 197 Å². The number of aliphatic imine (C=N–C) groups is 1. The van der Waals surface area contributed by atoms with Gasteiger partial charge in [0.1, 0.15) is 6.04 Å². The van der Waals surface area contributed by atoms with Crippen LogP contribution in [0.1, 0.15) is 42.0 Å². The largest absolute Gasteiger partial charge is 0.338 e. The minimum atomic E-state index is -0.413. The maximum Gasteiger partial charge on any atom is 0.259 e. The first-order valence-corrected chi connectivity index (χ1v) is 11.9. The molecule has 3 aromatic carbocycles. The van der Waals surface area contributed by atoms with E-state index in [1.165, 1.54) is 16.7 Å². The number of guanidine groups is 1. The predicted octanol–water partition coefficient (Wildman–Crippen LogP) is 5.92. The van der Waals surface area contributed by atoms with Crippen molar-refractivity contribution in [2.75, 3.05) is 11.4 Å². The van der Waals surface area contributed by atoms with Crippen molar-refractivity contribution in [2.24, 2.45) is 4.99 Å². The molecular weight excluding hydrogens is 406 g/mol. The Morgan fingerprint density at radius 2 is 1.55 bits per heavy atom. The van der Waals surface area contributed by atoms with Gasteiger partial charge in [0.15, 0.2) is 0 Å². The molecule has 170 valence electrons. The second-order valence-corrected chi connectivity index (χ2v) is 8.84. The molecule has 0 aliphatic carbocycles. The lowest BCUT2D eigenvalue weighted by atomic mass is 10.1. The van der Waals surface area contributed by atoms with Crippen LogP contribution < -0.4 is 4.90 Å². The van der Waals surface area contributed by atoms with E-state index in [4.69, 9.17) is 4.99 Å². The van der Waals surface area contributed by atoms with E-state index in [0.717, 1.165) is 43.1 Å². The quantitative estimate of drug-likeness (QED) is 0.437. The van der Waals surface area contributed by atoms with Crippen molar-refractivity contribution >= 4 is 17.6 Å². The number of anilines is 1. The summed E-state index contributed by atoms with van der Waals surface area (Å²) in [6, 6.07) is 26.4. The van der Waals surface area contributed by atoms with Crippen molar-refractivity contribution in [3.05, 3.63) is 101 Å². The Morgan fingerprint density at radius 3 is 2.18 bits per heavy atom. The van der Waals surface area contributed by atoms with Crippen LogP contribution in [0, 0.1) is 13.8 Å². The molecule has 0 bridgehead atoms. The fourth-order valence-corrected chi connectivity index (χ4v) is 4.20. The number of amides is 1. The highest BCUT2D eigenvalue weighted by Crippen LogP contribution is 2.28. The van der Waals surface area contributed by atoms with Crippen LogP contribution in [0.25, 0.3) is 0 Å². The van der Waals surface area contributed by atoms with Gasteiger partial charge in [-0.05, 0) is 54.7 Å². The smallest absolute Gasteiger partial charge is 0.259 e. The number of rotatable bonds is 8. The Bertz CT molecular complexity index is 1110. The van der Waals surface area contributed by atoms with Crippen molar-refractivity contribution in [3.63, 3.8) is 0 Å². The van der Waals surface area contributed by atoms with Crippen LogP contribution in [-0.4, -0.2) is 29.4 Å². The summed E-state index contributed by atoms with van der Waals surface area (Å²) in [6.07, 6.45) is 2.74. The van der Waals surface area contributed by atoms with Crippen molar-refractivity contribution in [1.29, 1.82) is 0 Å². The maximum absolute atomic E-state index is 13.7. The summed E-state index contributed by atoms with van der Waals surface area (Å²) < 4.78 is 0. The fourth-order valence-electron chi connectivity index (χ4n) is 4.20. The molecule has 4 rings (SSSR count). The van der Waals surface area contributed by atoms with Gasteiger partial charge in [0, 0.05) is 19.5 Å². The molecule has 33 heavy (non-hydrogen) atoms. The highest BCUT2D eigenvalue weighted by atomic mass is 16.2. The van der Waals surface area contributed by atoms with Crippen molar-refractivity contribution in [1.82, 2.24) is 4.90 Å². The minimum Gasteiger partial charge on any atom is -0.338 e. The van der Waals surface area contributed by atoms with E-state index in [9.17, 15) is 4.79 Å². The molecule has 0 N–H and O–H groups in total. The highest BCUT2D eigenvalue weighted by molar-refractivity contribution is 6.22. The SMILES string of the molecule is CCCCN(Cc1ccccc1)C1=NC(Cc2ccccc2)C(=O)N1c1ccc(C)c(C)c1. The molecule has 0 saturated carbocycles.